The van der Waals surface area contributed by atoms with Gasteiger partial charge in [0.25, 0.3) is 0 Å². The lowest BCUT2D eigenvalue weighted by atomic mass is 9.86. The summed E-state index contributed by atoms with van der Waals surface area (Å²) in [7, 11) is 0. The second kappa shape index (κ2) is 7.09. The van der Waals surface area contributed by atoms with Gasteiger partial charge >= 0.3 is 5.97 Å². The maximum atomic E-state index is 11.5. The SMILES string of the molecule is C/C=C(\NC(=O)CCC1CCCCC1)C(=O)O. The Bertz CT molecular complexity index is 304. The molecule has 0 atom stereocenters. The van der Waals surface area contributed by atoms with E-state index in [4.69, 9.17) is 5.11 Å². The molecule has 1 aliphatic rings. The number of amides is 1. The average molecular weight is 239 g/mol. The van der Waals surface area contributed by atoms with Crippen LogP contribution < -0.4 is 5.32 Å². The summed E-state index contributed by atoms with van der Waals surface area (Å²) in [6.45, 7) is 1.60. The van der Waals surface area contributed by atoms with E-state index in [2.05, 4.69) is 5.32 Å². The van der Waals surface area contributed by atoms with Gasteiger partial charge < -0.3 is 10.4 Å². The van der Waals surface area contributed by atoms with E-state index >= 15 is 0 Å². The zero-order chi connectivity index (χ0) is 12.7. The van der Waals surface area contributed by atoms with Crippen molar-refractivity contribution < 1.29 is 14.7 Å². The number of carbonyl (C=O) groups is 2. The monoisotopic (exact) mass is 239 g/mol. The Labute approximate surface area is 102 Å². The fourth-order valence-corrected chi connectivity index (χ4v) is 2.27. The van der Waals surface area contributed by atoms with Crippen LogP contribution in [0.4, 0.5) is 0 Å². The first-order valence-corrected chi connectivity index (χ1v) is 6.33. The van der Waals surface area contributed by atoms with E-state index in [9.17, 15) is 9.59 Å². The van der Waals surface area contributed by atoms with Gasteiger partial charge in [0, 0.05) is 6.42 Å². The van der Waals surface area contributed by atoms with Gasteiger partial charge in [0.15, 0.2) is 0 Å². The third-order valence-corrected chi connectivity index (χ3v) is 3.30. The molecular weight excluding hydrogens is 218 g/mol. The molecule has 0 radical (unpaired) electrons. The van der Waals surface area contributed by atoms with Crippen LogP contribution in [0, 0.1) is 5.92 Å². The van der Waals surface area contributed by atoms with Gasteiger partial charge in [-0.05, 0) is 19.3 Å². The molecule has 1 amide bonds. The molecule has 96 valence electrons. The van der Waals surface area contributed by atoms with Crippen LogP contribution in [0.1, 0.15) is 51.9 Å². The molecule has 1 fully saturated rings. The second-order valence-corrected chi connectivity index (χ2v) is 4.60. The fraction of sp³-hybridized carbons (Fsp3) is 0.692. The van der Waals surface area contributed by atoms with E-state index < -0.39 is 5.97 Å². The Kier molecular flexibility index (Phi) is 5.73. The third kappa shape index (κ3) is 5.02. The molecule has 4 nitrogen and oxygen atoms in total. The molecule has 0 aliphatic heterocycles. The maximum Gasteiger partial charge on any atom is 0.352 e. The second-order valence-electron chi connectivity index (χ2n) is 4.60. The number of allylic oxidation sites excluding steroid dienone is 1. The molecule has 0 unspecified atom stereocenters. The number of carboxylic acids is 1. The van der Waals surface area contributed by atoms with Gasteiger partial charge in [-0.2, -0.15) is 0 Å². The topological polar surface area (TPSA) is 66.4 Å². The minimum atomic E-state index is -1.08. The summed E-state index contributed by atoms with van der Waals surface area (Å²) < 4.78 is 0. The van der Waals surface area contributed by atoms with E-state index in [-0.39, 0.29) is 11.6 Å². The van der Waals surface area contributed by atoms with E-state index in [1.54, 1.807) is 6.92 Å². The van der Waals surface area contributed by atoms with E-state index in [0.29, 0.717) is 12.3 Å². The summed E-state index contributed by atoms with van der Waals surface area (Å²) >= 11 is 0. The van der Waals surface area contributed by atoms with Crippen molar-refractivity contribution in [2.45, 2.75) is 51.9 Å². The van der Waals surface area contributed by atoms with Crippen molar-refractivity contribution in [1.82, 2.24) is 5.32 Å². The van der Waals surface area contributed by atoms with Crippen LogP contribution in [0.5, 0.6) is 0 Å². The molecule has 0 aromatic carbocycles. The molecule has 0 spiro atoms. The van der Waals surface area contributed by atoms with Gasteiger partial charge in [-0.25, -0.2) is 4.79 Å². The Morgan fingerprint density at radius 2 is 1.94 bits per heavy atom. The van der Waals surface area contributed by atoms with Crippen molar-refractivity contribution in [3.05, 3.63) is 11.8 Å². The number of hydrogen-bond acceptors (Lipinski definition) is 2. The highest BCUT2D eigenvalue weighted by molar-refractivity contribution is 5.92. The molecule has 4 heteroatoms. The molecule has 2 N–H and O–H groups in total. The molecule has 1 saturated carbocycles. The first kappa shape index (κ1) is 13.7. The Balaban J connectivity index is 2.27. The molecule has 0 heterocycles. The molecule has 1 aliphatic carbocycles. The van der Waals surface area contributed by atoms with Crippen LogP contribution in [-0.2, 0) is 9.59 Å². The first-order valence-electron chi connectivity index (χ1n) is 6.33. The molecule has 0 saturated heterocycles. The Hall–Kier alpha value is -1.32. The summed E-state index contributed by atoms with van der Waals surface area (Å²) in [4.78, 5) is 22.2. The minimum absolute atomic E-state index is 0.0290. The number of aliphatic carboxylic acids is 1. The van der Waals surface area contributed by atoms with Crippen LogP contribution in [0.3, 0.4) is 0 Å². The van der Waals surface area contributed by atoms with E-state index in [0.717, 1.165) is 6.42 Å². The van der Waals surface area contributed by atoms with Crippen molar-refractivity contribution in [2.24, 2.45) is 5.92 Å². The van der Waals surface area contributed by atoms with Gasteiger partial charge in [-0.15, -0.1) is 0 Å². The number of rotatable bonds is 5. The van der Waals surface area contributed by atoms with E-state index in [1.807, 2.05) is 0 Å². The normalized spacial score (nSPS) is 17.8. The van der Waals surface area contributed by atoms with Gasteiger partial charge in [0.1, 0.15) is 5.70 Å². The molecule has 0 aromatic rings. The fourth-order valence-electron chi connectivity index (χ4n) is 2.27. The molecule has 17 heavy (non-hydrogen) atoms. The number of hydrogen-bond donors (Lipinski definition) is 2. The van der Waals surface area contributed by atoms with Gasteiger partial charge in [-0.1, -0.05) is 38.2 Å². The predicted octanol–water partition coefficient (Wildman–Crippen LogP) is 2.45. The highest BCUT2D eigenvalue weighted by Gasteiger charge is 2.16. The molecule has 1 rings (SSSR count). The summed E-state index contributed by atoms with van der Waals surface area (Å²) in [6, 6.07) is 0. The zero-order valence-electron chi connectivity index (χ0n) is 10.4. The quantitative estimate of drug-likeness (QED) is 0.724. The minimum Gasteiger partial charge on any atom is -0.477 e. The summed E-state index contributed by atoms with van der Waals surface area (Å²) in [6.07, 6.45) is 8.97. The van der Waals surface area contributed by atoms with Gasteiger partial charge in [-0.3, -0.25) is 4.79 Å². The molecule has 0 bridgehead atoms. The summed E-state index contributed by atoms with van der Waals surface area (Å²) in [5.74, 6) is -0.627. The van der Waals surface area contributed by atoms with E-state index in [1.165, 1.54) is 38.2 Å². The lowest BCUT2D eigenvalue weighted by molar-refractivity contribution is -0.134. The lowest BCUT2D eigenvalue weighted by Gasteiger charge is -2.20. The largest absolute Gasteiger partial charge is 0.477 e. The Morgan fingerprint density at radius 3 is 2.47 bits per heavy atom. The third-order valence-electron chi connectivity index (χ3n) is 3.30. The summed E-state index contributed by atoms with van der Waals surface area (Å²) in [5, 5.41) is 11.2. The van der Waals surface area contributed by atoms with Crippen LogP contribution in [-0.4, -0.2) is 17.0 Å². The van der Waals surface area contributed by atoms with Crippen LogP contribution in [0.2, 0.25) is 0 Å². The number of carbonyl (C=O) groups excluding carboxylic acids is 1. The first-order chi connectivity index (χ1) is 8.13. The van der Waals surface area contributed by atoms with Crippen molar-refractivity contribution >= 4 is 11.9 Å². The average Bonchev–Trinajstić information content (AvgIpc) is 2.34. The van der Waals surface area contributed by atoms with Gasteiger partial charge in [0.05, 0.1) is 0 Å². The van der Waals surface area contributed by atoms with Crippen molar-refractivity contribution in [2.75, 3.05) is 0 Å². The van der Waals surface area contributed by atoms with Crippen molar-refractivity contribution in [1.29, 1.82) is 0 Å². The van der Waals surface area contributed by atoms with Crippen LogP contribution >= 0.6 is 0 Å². The lowest BCUT2D eigenvalue weighted by Crippen LogP contribution is -2.27. The van der Waals surface area contributed by atoms with Crippen LogP contribution in [0.25, 0.3) is 0 Å². The summed E-state index contributed by atoms with van der Waals surface area (Å²) in [5.41, 5.74) is -0.0290. The maximum absolute atomic E-state index is 11.5. The predicted molar refractivity (Wildman–Crippen MR) is 65.3 cm³/mol. The smallest absolute Gasteiger partial charge is 0.352 e. The zero-order valence-corrected chi connectivity index (χ0v) is 10.4. The Morgan fingerprint density at radius 1 is 1.29 bits per heavy atom. The van der Waals surface area contributed by atoms with Crippen molar-refractivity contribution in [3.8, 4) is 0 Å². The number of nitrogens with one attached hydrogen (secondary N) is 1. The van der Waals surface area contributed by atoms with Crippen molar-refractivity contribution in [3.63, 3.8) is 0 Å². The highest BCUT2D eigenvalue weighted by Crippen LogP contribution is 2.27. The molecule has 0 aromatic heterocycles. The van der Waals surface area contributed by atoms with Crippen LogP contribution in [0.15, 0.2) is 11.8 Å². The number of carboxylic acid groups (broad SMARTS) is 1. The standard InChI is InChI=1S/C13H21NO3/c1-2-11(13(16)17)14-12(15)9-8-10-6-4-3-5-7-10/h2,10H,3-9H2,1H3,(H,14,15)(H,16,17)/b11-2-. The van der Waals surface area contributed by atoms with Gasteiger partial charge in [0.2, 0.25) is 5.91 Å². The highest BCUT2D eigenvalue weighted by atomic mass is 16.4. The molecular formula is C13H21NO3.